The molecule has 0 saturated heterocycles. The molecule has 1 fully saturated rings. The summed E-state index contributed by atoms with van der Waals surface area (Å²) < 4.78 is 0. The standard InChI is InChI=1S/C6H14N2.2BrH.2H2O/c7-5-1-2-6(8)4-3-5;;;;/h5-6H,1-4,7-8H2;2*1H;2*1H2. The Kier molecular flexibility index (Phi) is 22.6. The highest BCUT2D eigenvalue weighted by atomic mass is 79.9. The number of nitrogens with two attached hydrogens (primary N) is 2. The van der Waals surface area contributed by atoms with Crippen molar-refractivity contribution in [1.82, 2.24) is 0 Å². The van der Waals surface area contributed by atoms with Crippen LogP contribution in [0.4, 0.5) is 0 Å². The van der Waals surface area contributed by atoms with Crippen LogP contribution in [0, 0.1) is 0 Å². The summed E-state index contributed by atoms with van der Waals surface area (Å²) in [5.74, 6) is 0. The summed E-state index contributed by atoms with van der Waals surface area (Å²) >= 11 is 0. The molecule has 0 unspecified atom stereocenters. The molecule has 4 nitrogen and oxygen atoms in total. The smallest absolute Gasteiger partial charge is 0.00399 e. The van der Waals surface area contributed by atoms with Crippen molar-refractivity contribution < 1.29 is 11.0 Å². The van der Waals surface area contributed by atoms with Crippen molar-refractivity contribution in [1.29, 1.82) is 0 Å². The van der Waals surface area contributed by atoms with Crippen LogP contribution in [-0.4, -0.2) is 23.0 Å². The lowest BCUT2D eigenvalue weighted by molar-refractivity contribution is 0.395. The first kappa shape index (κ1) is 23.0. The molecule has 0 radical (unpaired) electrons. The summed E-state index contributed by atoms with van der Waals surface area (Å²) in [6.07, 6.45) is 4.50. The van der Waals surface area contributed by atoms with Gasteiger partial charge in [0.15, 0.2) is 0 Å². The molecule has 0 atom stereocenters. The Bertz CT molecular complexity index is 69.9. The average molecular weight is 312 g/mol. The van der Waals surface area contributed by atoms with Gasteiger partial charge in [-0.3, -0.25) is 0 Å². The number of halogens is 2. The lowest BCUT2D eigenvalue weighted by Gasteiger charge is -2.22. The molecule has 0 heterocycles. The van der Waals surface area contributed by atoms with Crippen LogP contribution < -0.4 is 11.5 Å². The van der Waals surface area contributed by atoms with E-state index in [2.05, 4.69) is 0 Å². The maximum atomic E-state index is 5.64. The fourth-order valence-electron chi connectivity index (χ4n) is 1.14. The fourth-order valence-corrected chi connectivity index (χ4v) is 1.14. The second-order valence-corrected chi connectivity index (χ2v) is 2.67. The molecule has 1 saturated carbocycles. The molecule has 0 aromatic heterocycles. The van der Waals surface area contributed by atoms with Gasteiger partial charge >= 0.3 is 0 Å². The van der Waals surface area contributed by atoms with Crippen molar-refractivity contribution in [3.8, 4) is 0 Å². The lowest BCUT2D eigenvalue weighted by atomic mass is 9.93. The Balaban J connectivity index is -0.0000000800. The first-order valence-corrected chi connectivity index (χ1v) is 3.30. The van der Waals surface area contributed by atoms with Gasteiger partial charge in [0.2, 0.25) is 0 Å². The van der Waals surface area contributed by atoms with Crippen LogP contribution in [0.15, 0.2) is 0 Å². The van der Waals surface area contributed by atoms with E-state index in [9.17, 15) is 0 Å². The minimum Gasteiger partial charge on any atom is -0.412 e. The van der Waals surface area contributed by atoms with Gasteiger partial charge in [0.1, 0.15) is 0 Å². The zero-order chi connectivity index (χ0) is 5.98. The van der Waals surface area contributed by atoms with Crippen LogP contribution in [0.5, 0.6) is 0 Å². The Hall–Kier alpha value is 0.800. The van der Waals surface area contributed by atoms with Gasteiger partial charge in [0.05, 0.1) is 0 Å². The van der Waals surface area contributed by atoms with Crippen LogP contribution in [0.25, 0.3) is 0 Å². The predicted molar refractivity (Wildman–Crippen MR) is 62.3 cm³/mol. The molecule has 8 N–H and O–H groups in total. The van der Waals surface area contributed by atoms with Crippen molar-refractivity contribution in [2.75, 3.05) is 0 Å². The van der Waals surface area contributed by atoms with Gasteiger partial charge in [-0.15, -0.1) is 34.0 Å². The highest BCUT2D eigenvalue weighted by Gasteiger charge is 2.13. The van der Waals surface area contributed by atoms with Crippen molar-refractivity contribution in [3.05, 3.63) is 0 Å². The minimum atomic E-state index is 0. The third kappa shape index (κ3) is 8.89. The number of hydrogen-bond donors (Lipinski definition) is 2. The minimum absolute atomic E-state index is 0. The number of hydrogen-bond acceptors (Lipinski definition) is 2. The summed E-state index contributed by atoms with van der Waals surface area (Å²) in [6, 6.07) is 0.879. The summed E-state index contributed by atoms with van der Waals surface area (Å²) in [5.41, 5.74) is 11.3. The van der Waals surface area contributed by atoms with E-state index in [0.717, 1.165) is 25.7 Å². The van der Waals surface area contributed by atoms with Gasteiger partial charge in [-0.05, 0) is 25.7 Å². The van der Waals surface area contributed by atoms with E-state index in [-0.39, 0.29) is 44.9 Å². The van der Waals surface area contributed by atoms with Crippen molar-refractivity contribution in [2.24, 2.45) is 11.5 Å². The summed E-state index contributed by atoms with van der Waals surface area (Å²) in [4.78, 5) is 0. The van der Waals surface area contributed by atoms with Crippen LogP contribution in [-0.2, 0) is 0 Å². The molecule has 0 spiro atoms. The summed E-state index contributed by atoms with van der Waals surface area (Å²) in [6.45, 7) is 0. The van der Waals surface area contributed by atoms with Gasteiger partial charge in [-0.1, -0.05) is 0 Å². The molecule has 0 aliphatic heterocycles. The second kappa shape index (κ2) is 11.8. The Morgan fingerprint density at radius 2 is 0.833 bits per heavy atom. The molecule has 0 amide bonds. The van der Waals surface area contributed by atoms with Crippen molar-refractivity contribution >= 4 is 34.0 Å². The molecule has 80 valence electrons. The van der Waals surface area contributed by atoms with Crippen molar-refractivity contribution in [3.63, 3.8) is 0 Å². The predicted octanol–water partition coefficient (Wildman–Crippen LogP) is -0.279. The monoisotopic (exact) mass is 310 g/mol. The third-order valence-electron chi connectivity index (χ3n) is 1.82. The topological polar surface area (TPSA) is 115 Å². The maximum absolute atomic E-state index is 5.64. The molecule has 6 heteroatoms. The van der Waals surface area contributed by atoms with Gasteiger partial charge in [0.25, 0.3) is 0 Å². The molecule has 12 heavy (non-hydrogen) atoms. The molecule has 0 bridgehead atoms. The van der Waals surface area contributed by atoms with E-state index in [4.69, 9.17) is 11.5 Å². The molecule has 1 aliphatic carbocycles. The Labute approximate surface area is 94.2 Å². The highest BCUT2D eigenvalue weighted by Crippen LogP contribution is 2.14. The van der Waals surface area contributed by atoms with E-state index < -0.39 is 0 Å². The normalized spacial score (nSPS) is 26.5. The summed E-state index contributed by atoms with van der Waals surface area (Å²) in [5, 5.41) is 0. The average Bonchev–Trinajstić information content (AvgIpc) is 1.77. The molecule has 0 aromatic carbocycles. The largest absolute Gasteiger partial charge is 0.412 e. The van der Waals surface area contributed by atoms with E-state index in [1.54, 1.807) is 0 Å². The molecular weight excluding hydrogens is 292 g/mol. The molecule has 1 rings (SSSR count). The third-order valence-corrected chi connectivity index (χ3v) is 1.82. The quantitative estimate of drug-likeness (QED) is 0.640. The van der Waals surface area contributed by atoms with E-state index in [1.807, 2.05) is 0 Å². The van der Waals surface area contributed by atoms with Crippen molar-refractivity contribution in [2.45, 2.75) is 37.8 Å². The van der Waals surface area contributed by atoms with Gasteiger partial charge in [-0.25, -0.2) is 0 Å². The first-order valence-electron chi connectivity index (χ1n) is 3.30. The highest BCUT2D eigenvalue weighted by molar-refractivity contribution is 8.93. The van der Waals surface area contributed by atoms with E-state index in [0.29, 0.717) is 12.1 Å². The zero-order valence-electron chi connectivity index (χ0n) is 6.95. The SMILES string of the molecule is Br.Br.NC1CCC(N)CC1.O.O. The maximum Gasteiger partial charge on any atom is 0.00399 e. The molecular formula is C6H20Br2N2O2. The zero-order valence-corrected chi connectivity index (χ0v) is 10.4. The molecule has 1 aliphatic rings. The van der Waals surface area contributed by atoms with Crippen LogP contribution in [0.3, 0.4) is 0 Å². The van der Waals surface area contributed by atoms with Crippen LogP contribution in [0.2, 0.25) is 0 Å². The van der Waals surface area contributed by atoms with Gasteiger partial charge in [0, 0.05) is 12.1 Å². The van der Waals surface area contributed by atoms with Crippen LogP contribution >= 0.6 is 34.0 Å². The van der Waals surface area contributed by atoms with Crippen LogP contribution in [0.1, 0.15) is 25.7 Å². The van der Waals surface area contributed by atoms with E-state index in [1.165, 1.54) is 0 Å². The number of rotatable bonds is 0. The fraction of sp³-hybridized carbons (Fsp3) is 1.00. The lowest BCUT2D eigenvalue weighted by Crippen LogP contribution is -2.33. The Morgan fingerprint density at radius 1 is 0.667 bits per heavy atom. The van der Waals surface area contributed by atoms with Gasteiger partial charge in [-0.2, -0.15) is 0 Å². The first-order chi connectivity index (χ1) is 3.79. The van der Waals surface area contributed by atoms with Gasteiger partial charge < -0.3 is 22.4 Å². The van der Waals surface area contributed by atoms with E-state index >= 15 is 0 Å². The second-order valence-electron chi connectivity index (χ2n) is 2.67. The Morgan fingerprint density at radius 3 is 1.00 bits per heavy atom. The molecule has 0 aromatic rings. The summed E-state index contributed by atoms with van der Waals surface area (Å²) in [7, 11) is 0.